The summed E-state index contributed by atoms with van der Waals surface area (Å²) < 4.78 is 10.8. The van der Waals surface area contributed by atoms with E-state index in [1.807, 2.05) is 30.3 Å². The minimum Gasteiger partial charge on any atom is -0.483 e. The first kappa shape index (κ1) is 18.5. The van der Waals surface area contributed by atoms with Gasteiger partial charge in [0.25, 0.3) is 5.91 Å². The van der Waals surface area contributed by atoms with Gasteiger partial charge in [-0.25, -0.2) is 5.43 Å². The van der Waals surface area contributed by atoms with Crippen molar-refractivity contribution < 1.29 is 13.9 Å². The molecule has 0 saturated carbocycles. The number of nitrogens with zero attached hydrogens (tertiary/aromatic N) is 1. The molecule has 1 aromatic carbocycles. The van der Waals surface area contributed by atoms with Crippen LogP contribution in [0.3, 0.4) is 0 Å². The maximum absolute atomic E-state index is 11.9. The number of benzene rings is 1. The largest absolute Gasteiger partial charge is 0.483 e. The first-order valence-electron chi connectivity index (χ1n) is 8.13. The Labute approximate surface area is 148 Å². The minimum absolute atomic E-state index is 0.0571. The van der Waals surface area contributed by atoms with Crippen LogP contribution in [-0.4, -0.2) is 18.2 Å². The Morgan fingerprint density at radius 1 is 1.24 bits per heavy atom. The van der Waals surface area contributed by atoms with E-state index in [0.29, 0.717) is 11.5 Å². The molecule has 0 aliphatic carbocycles. The highest BCUT2D eigenvalue weighted by molar-refractivity contribution is 5.96. The second-order valence-corrected chi connectivity index (χ2v) is 6.67. The second kappa shape index (κ2) is 8.33. The molecule has 0 bridgehead atoms. The number of furan rings is 1. The van der Waals surface area contributed by atoms with Gasteiger partial charge in [-0.2, -0.15) is 5.10 Å². The van der Waals surface area contributed by atoms with E-state index in [-0.39, 0.29) is 17.9 Å². The van der Waals surface area contributed by atoms with Gasteiger partial charge in [-0.15, -0.1) is 0 Å². The molecule has 0 fully saturated rings. The molecule has 0 spiro atoms. The summed E-state index contributed by atoms with van der Waals surface area (Å²) in [7, 11) is 0. The second-order valence-electron chi connectivity index (χ2n) is 6.67. The van der Waals surface area contributed by atoms with Gasteiger partial charge in [0.05, 0.1) is 12.0 Å². The van der Waals surface area contributed by atoms with Crippen LogP contribution in [0, 0.1) is 0 Å². The molecule has 5 heteroatoms. The maximum Gasteiger partial charge on any atom is 0.277 e. The smallest absolute Gasteiger partial charge is 0.277 e. The van der Waals surface area contributed by atoms with Gasteiger partial charge in [0.1, 0.15) is 11.5 Å². The molecule has 0 radical (unpaired) electrons. The Bertz CT molecular complexity index is 753. The van der Waals surface area contributed by atoms with Gasteiger partial charge in [-0.3, -0.25) is 4.79 Å². The van der Waals surface area contributed by atoms with Crippen LogP contribution in [0.1, 0.15) is 39.0 Å². The van der Waals surface area contributed by atoms with E-state index >= 15 is 0 Å². The van der Waals surface area contributed by atoms with Crippen molar-refractivity contribution in [3.05, 3.63) is 60.1 Å². The number of rotatable bonds is 6. The molecule has 0 atom stereocenters. The van der Waals surface area contributed by atoms with Gasteiger partial charge in [0.15, 0.2) is 6.61 Å². The lowest BCUT2D eigenvalue weighted by atomic mass is 9.86. The number of carbonyl (C=O) groups is 1. The van der Waals surface area contributed by atoms with Crippen LogP contribution in [0.2, 0.25) is 0 Å². The van der Waals surface area contributed by atoms with E-state index in [1.54, 1.807) is 31.4 Å². The van der Waals surface area contributed by atoms with Gasteiger partial charge in [0, 0.05) is 0 Å². The number of carbonyl (C=O) groups excluding carboxylic acids is 1. The Kier molecular flexibility index (Phi) is 6.17. The number of hydrogen-bond acceptors (Lipinski definition) is 4. The molecule has 2 rings (SSSR count). The van der Waals surface area contributed by atoms with Crippen molar-refractivity contribution in [2.75, 3.05) is 6.61 Å². The maximum atomic E-state index is 11.9. The lowest BCUT2D eigenvalue weighted by Gasteiger charge is -2.22. The van der Waals surface area contributed by atoms with Crippen LogP contribution < -0.4 is 10.2 Å². The summed E-state index contributed by atoms with van der Waals surface area (Å²) >= 11 is 0. The average molecular weight is 340 g/mol. The molecule has 1 amide bonds. The molecule has 0 aliphatic rings. The van der Waals surface area contributed by atoms with Crippen LogP contribution in [0.4, 0.5) is 0 Å². The van der Waals surface area contributed by atoms with Crippen molar-refractivity contribution in [2.45, 2.75) is 33.1 Å². The predicted octanol–water partition coefficient (Wildman–Crippen LogP) is 4.16. The number of ether oxygens (including phenoxy) is 1. The summed E-state index contributed by atoms with van der Waals surface area (Å²) in [6, 6.07) is 11.4. The van der Waals surface area contributed by atoms with Gasteiger partial charge in [0.2, 0.25) is 0 Å². The first-order chi connectivity index (χ1) is 11.9. The molecule has 0 saturated heterocycles. The van der Waals surface area contributed by atoms with Crippen LogP contribution in [-0.2, 0) is 10.2 Å². The molecule has 1 heterocycles. The van der Waals surface area contributed by atoms with Gasteiger partial charge in [-0.1, -0.05) is 39.0 Å². The van der Waals surface area contributed by atoms with Crippen molar-refractivity contribution in [3.8, 4) is 5.75 Å². The quantitative estimate of drug-likeness (QED) is 0.634. The molecule has 0 unspecified atom stereocenters. The fourth-order valence-corrected chi connectivity index (χ4v) is 2.16. The van der Waals surface area contributed by atoms with E-state index in [9.17, 15) is 4.79 Å². The van der Waals surface area contributed by atoms with E-state index < -0.39 is 0 Å². The number of nitrogens with one attached hydrogen (secondary N) is 1. The lowest BCUT2D eigenvalue weighted by molar-refractivity contribution is -0.123. The Hall–Kier alpha value is -2.82. The lowest BCUT2D eigenvalue weighted by Crippen LogP contribution is -2.26. The normalized spacial score (nSPS) is 12.4. The summed E-state index contributed by atoms with van der Waals surface area (Å²) in [6.07, 6.45) is 5.14. The highest BCUT2D eigenvalue weighted by Gasteiger charge is 2.18. The number of amides is 1. The first-order valence-corrected chi connectivity index (χ1v) is 8.13. The summed E-state index contributed by atoms with van der Waals surface area (Å²) in [4.78, 5) is 11.9. The third-order valence-electron chi connectivity index (χ3n) is 3.44. The molecule has 1 N–H and O–H groups in total. The standard InChI is InChI=1S/C20H24N2O3/c1-15(11-12-16-8-7-13-24-16)21-22-19(23)14-25-18-10-6-5-9-17(18)20(2,3)4/h5-13H,14H2,1-4H3,(H,22,23)/b12-11+,21-15+. The van der Waals surface area contributed by atoms with Crippen molar-refractivity contribution in [3.63, 3.8) is 0 Å². The number of allylic oxidation sites excluding steroid dienone is 1. The van der Waals surface area contributed by atoms with Crippen LogP contribution in [0.15, 0.2) is 58.3 Å². The Morgan fingerprint density at radius 3 is 2.68 bits per heavy atom. The van der Waals surface area contributed by atoms with Gasteiger partial charge in [-0.05, 0) is 48.3 Å². The summed E-state index contributed by atoms with van der Waals surface area (Å²) in [6.45, 7) is 8.01. The third-order valence-corrected chi connectivity index (χ3v) is 3.44. The van der Waals surface area contributed by atoms with E-state index in [1.165, 1.54) is 0 Å². The fourth-order valence-electron chi connectivity index (χ4n) is 2.16. The zero-order chi connectivity index (χ0) is 18.3. The average Bonchev–Trinajstić information content (AvgIpc) is 3.09. The van der Waals surface area contributed by atoms with Gasteiger partial charge < -0.3 is 9.15 Å². The molecule has 1 aromatic heterocycles. The molecule has 2 aromatic rings. The SMILES string of the molecule is CC(/C=C/c1ccco1)=N\NC(=O)COc1ccccc1C(C)(C)C. The molecule has 132 valence electrons. The molecule has 0 aliphatic heterocycles. The zero-order valence-electron chi connectivity index (χ0n) is 15.1. The summed E-state index contributed by atoms with van der Waals surface area (Å²) in [5, 5.41) is 4.02. The minimum atomic E-state index is -0.311. The molecular formula is C20H24N2O3. The predicted molar refractivity (Wildman–Crippen MR) is 99.6 cm³/mol. The van der Waals surface area contributed by atoms with Crippen molar-refractivity contribution in [1.82, 2.24) is 5.43 Å². The third kappa shape index (κ3) is 5.95. The van der Waals surface area contributed by atoms with E-state index in [4.69, 9.17) is 9.15 Å². The monoisotopic (exact) mass is 340 g/mol. The van der Waals surface area contributed by atoms with Crippen molar-refractivity contribution >= 4 is 17.7 Å². The summed E-state index contributed by atoms with van der Waals surface area (Å²) in [5.41, 5.74) is 4.14. The number of hydrogen-bond donors (Lipinski definition) is 1. The molecule has 5 nitrogen and oxygen atoms in total. The molecular weight excluding hydrogens is 316 g/mol. The summed E-state index contributed by atoms with van der Waals surface area (Å²) in [5.74, 6) is 1.13. The van der Waals surface area contributed by atoms with Crippen LogP contribution in [0.5, 0.6) is 5.75 Å². The Balaban J connectivity index is 1.88. The topological polar surface area (TPSA) is 63.8 Å². The highest BCUT2D eigenvalue weighted by Crippen LogP contribution is 2.30. The van der Waals surface area contributed by atoms with Crippen LogP contribution >= 0.6 is 0 Å². The molecule has 25 heavy (non-hydrogen) atoms. The zero-order valence-corrected chi connectivity index (χ0v) is 15.1. The Morgan fingerprint density at radius 2 is 2.00 bits per heavy atom. The highest BCUT2D eigenvalue weighted by atomic mass is 16.5. The van der Waals surface area contributed by atoms with Crippen molar-refractivity contribution in [2.24, 2.45) is 5.10 Å². The van der Waals surface area contributed by atoms with E-state index in [0.717, 1.165) is 11.3 Å². The van der Waals surface area contributed by atoms with Crippen LogP contribution in [0.25, 0.3) is 6.08 Å². The number of para-hydroxylation sites is 1. The van der Waals surface area contributed by atoms with Crippen molar-refractivity contribution in [1.29, 1.82) is 0 Å². The van der Waals surface area contributed by atoms with E-state index in [2.05, 4.69) is 31.3 Å². The van der Waals surface area contributed by atoms with Gasteiger partial charge >= 0.3 is 0 Å². The number of hydrazone groups is 1. The fraction of sp³-hybridized carbons (Fsp3) is 0.300.